The number of aryl methyl sites for hydroxylation is 1. The molecule has 0 atom stereocenters. The third-order valence-corrected chi connectivity index (χ3v) is 3.19. The first kappa shape index (κ1) is 14.8. The summed E-state index contributed by atoms with van der Waals surface area (Å²) in [6.07, 6.45) is 0. The van der Waals surface area contributed by atoms with Crippen LogP contribution in [0, 0.1) is 12.7 Å². The van der Waals surface area contributed by atoms with Gasteiger partial charge in [-0.1, -0.05) is 24.6 Å². The highest BCUT2D eigenvalue weighted by molar-refractivity contribution is 6.30. The second-order valence-corrected chi connectivity index (χ2v) is 4.98. The van der Waals surface area contributed by atoms with Crippen LogP contribution in [-0.2, 0) is 6.54 Å². The van der Waals surface area contributed by atoms with Gasteiger partial charge in [0.2, 0.25) is 0 Å². The highest BCUT2D eigenvalue weighted by Crippen LogP contribution is 2.30. The number of rotatable bonds is 5. The van der Waals surface area contributed by atoms with Gasteiger partial charge >= 0.3 is 0 Å². The first-order valence-electron chi connectivity index (χ1n) is 6.53. The minimum Gasteiger partial charge on any atom is -0.457 e. The highest BCUT2D eigenvalue weighted by Gasteiger charge is 2.08. The number of halogens is 2. The van der Waals surface area contributed by atoms with E-state index in [4.69, 9.17) is 16.3 Å². The van der Waals surface area contributed by atoms with Crippen molar-refractivity contribution in [3.63, 3.8) is 0 Å². The quantitative estimate of drug-likeness (QED) is 0.863. The lowest BCUT2D eigenvalue weighted by atomic mass is 10.2. The zero-order valence-electron chi connectivity index (χ0n) is 11.5. The third kappa shape index (κ3) is 3.71. The van der Waals surface area contributed by atoms with Crippen LogP contribution in [0.25, 0.3) is 0 Å². The first-order valence-corrected chi connectivity index (χ1v) is 6.91. The molecule has 0 unspecified atom stereocenters. The number of ether oxygens (including phenoxy) is 1. The molecule has 20 heavy (non-hydrogen) atoms. The van der Waals surface area contributed by atoms with E-state index in [2.05, 4.69) is 5.32 Å². The van der Waals surface area contributed by atoms with Crippen LogP contribution in [-0.4, -0.2) is 6.54 Å². The summed E-state index contributed by atoms with van der Waals surface area (Å²) in [7, 11) is 0. The zero-order valence-corrected chi connectivity index (χ0v) is 12.3. The molecule has 2 nitrogen and oxygen atoms in total. The molecule has 0 spiro atoms. The molecule has 2 aromatic carbocycles. The second kappa shape index (κ2) is 6.73. The fraction of sp³-hybridized carbons (Fsp3) is 0.250. The molecule has 0 fully saturated rings. The van der Waals surface area contributed by atoms with Crippen LogP contribution in [0.1, 0.15) is 18.1 Å². The Balaban J connectivity index is 2.30. The Morgan fingerprint density at radius 2 is 1.95 bits per heavy atom. The van der Waals surface area contributed by atoms with Gasteiger partial charge in [-0.15, -0.1) is 0 Å². The van der Waals surface area contributed by atoms with Gasteiger partial charge in [-0.25, -0.2) is 4.39 Å². The van der Waals surface area contributed by atoms with E-state index < -0.39 is 0 Å². The minimum atomic E-state index is -0.312. The summed E-state index contributed by atoms with van der Waals surface area (Å²) in [5, 5.41) is 3.89. The number of nitrogens with one attached hydrogen (secondary N) is 1. The Morgan fingerprint density at radius 1 is 1.15 bits per heavy atom. The van der Waals surface area contributed by atoms with E-state index in [-0.39, 0.29) is 5.82 Å². The summed E-state index contributed by atoms with van der Waals surface area (Å²) in [5.41, 5.74) is 1.83. The van der Waals surface area contributed by atoms with Crippen molar-refractivity contribution in [3.8, 4) is 11.5 Å². The van der Waals surface area contributed by atoms with Crippen LogP contribution < -0.4 is 10.1 Å². The maximum Gasteiger partial charge on any atom is 0.133 e. The van der Waals surface area contributed by atoms with Crippen molar-refractivity contribution in [3.05, 3.63) is 58.4 Å². The lowest BCUT2D eigenvalue weighted by Crippen LogP contribution is -2.12. The average Bonchev–Trinajstić information content (AvgIpc) is 2.43. The van der Waals surface area contributed by atoms with Crippen molar-refractivity contribution in [2.75, 3.05) is 6.54 Å². The van der Waals surface area contributed by atoms with E-state index >= 15 is 0 Å². The van der Waals surface area contributed by atoms with E-state index in [9.17, 15) is 4.39 Å². The Kier molecular flexibility index (Phi) is 4.99. The predicted molar refractivity (Wildman–Crippen MR) is 80.0 cm³/mol. The standard InChI is InChI=1S/C16H17ClFNO/c1-3-19-10-12-8-13(17)5-7-15(12)20-16-9-14(18)6-4-11(16)2/h4-9,19H,3,10H2,1-2H3. The van der Waals surface area contributed by atoms with Gasteiger partial charge in [0.25, 0.3) is 0 Å². The van der Waals surface area contributed by atoms with Gasteiger partial charge in [0.05, 0.1) is 0 Å². The molecular formula is C16H17ClFNO. The zero-order chi connectivity index (χ0) is 14.5. The van der Waals surface area contributed by atoms with Crippen molar-refractivity contribution in [2.24, 2.45) is 0 Å². The van der Waals surface area contributed by atoms with Gasteiger partial charge in [-0.05, 0) is 43.3 Å². The van der Waals surface area contributed by atoms with Crippen molar-refractivity contribution >= 4 is 11.6 Å². The molecule has 2 aromatic rings. The van der Waals surface area contributed by atoms with Crippen molar-refractivity contribution in [1.29, 1.82) is 0 Å². The molecule has 0 radical (unpaired) electrons. The fourth-order valence-electron chi connectivity index (χ4n) is 1.85. The van der Waals surface area contributed by atoms with Gasteiger partial charge in [-0.2, -0.15) is 0 Å². The SMILES string of the molecule is CCNCc1cc(Cl)ccc1Oc1cc(F)ccc1C. The van der Waals surface area contributed by atoms with Crippen LogP contribution in [0.2, 0.25) is 5.02 Å². The van der Waals surface area contributed by atoms with Crippen LogP contribution in [0.3, 0.4) is 0 Å². The minimum absolute atomic E-state index is 0.312. The summed E-state index contributed by atoms with van der Waals surface area (Å²) in [5.74, 6) is 0.891. The van der Waals surface area contributed by atoms with E-state index in [1.54, 1.807) is 18.2 Å². The molecule has 0 aliphatic rings. The molecular weight excluding hydrogens is 277 g/mol. The predicted octanol–water partition coefficient (Wildman–Crippen LogP) is 4.69. The van der Waals surface area contributed by atoms with Gasteiger partial charge in [0, 0.05) is 23.2 Å². The van der Waals surface area contributed by atoms with Gasteiger partial charge in [0.15, 0.2) is 0 Å². The van der Waals surface area contributed by atoms with E-state index in [1.807, 2.05) is 19.9 Å². The highest BCUT2D eigenvalue weighted by atomic mass is 35.5. The summed E-state index contributed by atoms with van der Waals surface area (Å²) >= 11 is 6.01. The van der Waals surface area contributed by atoms with Gasteiger partial charge in [-0.3, -0.25) is 0 Å². The molecule has 0 heterocycles. The number of hydrogen-bond donors (Lipinski definition) is 1. The number of hydrogen-bond acceptors (Lipinski definition) is 2. The average molecular weight is 294 g/mol. The third-order valence-electron chi connectivity index (χ3n) is 2.96. The molecule has 1 N–H and O–H groups in total. The Hall–Kier alpha value is -1.58. The van der Waals surface area contributed by atoms with Crippen molar-refractivity contribution < 1.29 is 9.13 Å². The molecule has 0 aliphatic carbocycles. The monoisotopic (exact) mass is 293 g/mol. The molecule has 0 amide bonds. The number of benzene rings is 2. The van der Waals surface area contributed by atoms with Crippen LogP contribution >= 0.6 is 11.6 Å². The Labute approximate surface area is 123 Å². The second-order valence-electron chi connectivity index (χ2n) is 4.54. The van der Waals surface area contributed by atoms with E-state index in [0.717, 1.165) is 17.7 Å². The molecule has 0 bridgehead atoms. The molecule has 0 saturated carbocycles. The lowest BCUT2D eigenvalue weighted by molar-refractivity contribution is 0.464. The first-order chi connectivity index (χ1) is 9.60. The van der Waals surface area contributed by atoms with Crippen LogP contribution in [0.15, 0.2) is 36.4 Å². The molecule has 4 heteroatoms. The molecule has 0 aromatic heterocycles. The lowest BCUT2D eigenvalue weighted by Gasteiger charge is -2.13. The summed E-state index contributed by atoms with van der Waals surface area (Å²) < 4.78 is 19.1. The van der Waals surface area contributed by atoms with E-state index in [0.29, 0.717) is 23.1 Å². The molecule has 2 rings (SSSR count). The topological polar surface area (TPSA) is 21.3 Å². The van der Waals surface area contributed by atoms with Crippen LogP contribution in [0.4, 0.5) is 4.39 Å². The van der Waals surface area contributed by atoms with Gasteiger partial charge in [0.1, 0.15) is 17.3 Å². The Morgan fingerprint density at radius 3 is 2.70 bits per heavy atom. The molecule has 0 aliphatic heterocycles. The maximum absolute atomic E-state index is 13.3. The van der Waals surface area contributed by atoms with Crippen molar-refractivity contribution in [1.82, 2.24) is 5.32 Å². The van der Waals surface area contributed by atoms with Crippen LogP contribution in [0.5, 0.6) is 11.5 Å². The molecule has 0 saturated heterocycles. The normalized spacial score (nSPS) is 10.6. The van der Waals surface area contributed by atoms with Gasteiger partial charge < -0.3 is 10.1 Å². The Bertz CT molecular complexity index is 601. The summed E-state index contributed by atoms with van der Waals surface area (Å²) in [6.45, 7) is 5.42. The van der Waals surface area contributed by atoms with E-state index in [1.165, 1.54) is 12.1 Å². The largest absolute Gasteiger partial charge is 0.457 e. The fourth-order valence-corrected chi connectivity index (χ4v) is 2.04. The summed E-state index contributed by atoms with van der Waals surface area (Å²) in [6, 6.07) is 9.93. The van der Waals surface area contributed by atoms with Crippen molar-refractivity contribution in [2.45, 2.75) is 20.4 Å². The smallest absolute Gasteiger partial charge is 0.133 e. The maximum atomic E-state index is 13.3. The molecule has 106 valence electrons. The summed E-state index contributed by atoms with van der Waals surface area (Å²) in [4.78, 5) is 0.